The van der Waals surface area contributed by atoms with E-state index in [2.05, 4.69) is 4.98 Å². The molecule has 1 fully saturated rings. The third kappa shape index (κ3) is 2.74. The molecule has 1 saturated heterocycles. The fourth-order valence-electron chi connectivity index (χ4n) is 3.15. The zero-order valence-electron chi connectivity index (χ0n) is 13.1. The van der Waals surface area contributed by atoms with Crippen molar-refractivity contribution in [1.29, 1.82) is 0 Å². The summed E-state index contributed by atoms with van der Waals surface area (Å²) in [6.07, 6.45) is 4.56. The highest BCUT2D eigenvalue weighted by Gasteiger charge is 2.36. The van der Waals surface area contributed by atoms with Crippen LogP contribution in [-0.2, 0) is 16.4 Å². The summed E-state index contributed by atoms with van der Waals surface area (Å²) in [4.78, 5) is 4.27. The van der Waals surface area contributed by atoms with Crippen molar-refractivity contribution in [3.63, 3.8) is 0 Å². The van der Waals surface area contributed by atoms with E-state index < -0.39 is 10.0 Å². The zero-order valence-corrected chi connectivity index (χ0v) is 13.9. The Morgan fingerprint density at radius 3 is 3.00 bits per heavy atom. The van der Waals surface area contributed by atoms with E-state index in [9.17, 15) is 8.42 Å². The van der Waals surface area contributed by atoms with Crippen molar-refractivity contribution in [3.8, 4) is 11.5 Å². The number of hydrogen-bond acceptors (Lipinski definition) is 5. The monoisotopic (exact) mass is 346 g/mol. The van der Waals surface area contributed by atoms with Crippen molar-refractivity contribution in [2.75, 3.05) is 19.7 Å². The Labute approximate surface area is 141 Å². The lowest BCUT2D eigenvalue weighted by Crippen LogP contribution is -2.31. The maximum Gasteiger partial charge on any atom is 0.246 e. The molecule has 1 atom stereocenters. The smallest absolute Gasteiger partial charge is 0.246 e. The Morgan fingerprint density at radius 2 is 2.17 bits per heavy atom. The van der Waals surface area contributed by atoms with Gasteiger partial charge in [0.15, 0.2) is 0 Å². The summed E-state index contributed by atoms with van der Waals surface area (Å²) in [7, 11) is -3.58. The molecule has 0 amide bonds. The fourth-order valence-corrected chi connectivity index (χ4v) is 4.81. The van der Waals surface area contributed by atoms with Gasteiger partial charge in [0.2, 0.25) is 10.0 Å². The molecule has 1 aromatic heterocycles. The molecule has 7 heteroatoms. The van der Waals surface area contributed by atoms with Gasteiger partial charge in [-0.25, -0.2) is 8.42 Å². The van der Waals surface area contributed by atoms with E-state index in [1.165, 1.54) is 4.31 Å². The Kier molecular flexibility index (Phi) is 3.90. The topological polar surface area (TPSA) is 68.7 Å². The van der Waals surface area contributed by atoms with Crippen LogP contribution in [0.2, 0.25) is 0 Å². The van der Waals surface area contributed by atoms with Crippen LogP contribution < -0.4 is 9.47 Å². The number of ether oxygens (including phenoxy) is 2. The van der Waals surface area contributed by atoms with Crippen molar-refractivity contribution in [2.24, 2.45) is 0 Å². The number of hydrogen-bond donors (Lipinski definition) is 0. The molecule has 1 aromatic carbocycles. The molecule has 0 bridgehead atoms. The van der Waals surface area contributed by atoms with Crippen LogP contribution in [0.3, 0.4) is 0 Å². The van der Waals surface area contributed by atoms with Gasteiger partial charge in [0, 0.05) is 19.2 Å². The van der Waals surface area contributed by atoms with Gasteiger partial charge in [-0.1, -0.05) is 12.1 Å². The molecule has 2 aliphatic rings. The highest BCUT2D eigenvalue weighted by atomic mass is 32.2. The Hall–Kier alpha value is -2.12. The van der Waals surface area contributed by atoms with Gasteiger partial charge in [0.1, 0.15) is 22.5 Å². The second kappa shape index (κ2) is 6.07. The highest BCUT2D eigenvalue weighted by Crippen LogP contribution is 2.35. The van der Waals surface area contributed by atoms with E-state index in [1.807, 2.05) is 12.1 Å². The first-order valence-corrected chi connectivity index (χ1v) is 9.40. The molecule has 4 rings (SSSR count). The van der Waals surface area contributed by atoms with Crippen molar-refractivity contribution in [3.05, 3.63) is 48.3 Å². The molecule has 126 valence electrons. The summed E-state index contributed by atoms with van der Waals surface area (Å²) >= 11 is 0. The van der Waals surface area contributed by atoms with Gasteiger partial charge in [-0.2, -0.15) is 4.31 Å². The van der Waals surface area contributed by atoms with Gasteiger partial charge < -0.3 is 9.47 Å². The molecule has 0 saturated carbocycles. The summed E-state index contributed by atoms with van der Waals surface area (Å²) in [5.41, 5.74) is 0.957. The molecule has 24 heavy (non-hydrogen) atoms. The molecule has 0 N–H and O–H groups in total. The molecule has 0 radical (unpaired) electrons. The molecule has 3 heterocycles. The average Bonchev–Trinajstić information content (AvgIpc) is 3.24. The third-order valence-corrected chi connectivity index (χ3v) is 6.23. The molecule has 0 aliphatic carbocycles. The van der Waals surface area contributed by atoms with Crippen LogP contribution >= 0.6 is 0 Å². The molecular weight excluding hydrogens is 328 g/mol. The SMILES string of the molecule is O=S(=O)(c1cccc2c1OCC2)N1CCC(Oc2cccnc2)C1. The van der Waals surface area contributed by atoms with Gasteiger partial charge >= 0.3 is 0 Å². The van der Waals surface area contributed by atoms with E-state index in [0.717, 1.165) is 12.0 Å². The average molecular weight is 346 g/mol. The summed E-state index contributed by atoms with van der Waals surface area (Å²) < 4.78 is 38.8. The van der Waals surface area contributed by atoms with Crippen LogP contribution in [0.25, 0.3) is 0 Å². The molecule has 2 aromatic rings. The minimum absolute atomic E-state index is 0.165. The standard InChI is InChI=1S/C17H18N2O4S/c20-24(21,16-5-1-3-13-7-10-22-17(13)16)19-9-6-15(12-19)23-14-4-2-8-18-11-14/h1-5,8,11,15H,6-7,9-10,12H2. The van der Waals surface area contributed by atoms with Gasteiger partial charge in [-0.15, -0.1) is 0 Å². The van der Waals surface area contributed by atoms with Crippen LogP contribution in [0.1, 0.15) is 12.0 Å². The summed E-state index contributed by atoms with van der Waals surface area (Å²) in [6, 6.07) is 8.93. The van der Waals surface area contributed by atoms with E-state index >= 15 is 0 Å². The number of fused-ring (bicyclic) bond motifs is 1. The lowest BCUT2D eigenvalue weighted by molar-refractivity contribution is 0.214. The first kappa shape index (κ1) is 15.4. The second-order valence-electron chi connectivity index (χ2n) is 5.92. The molecule has 1 unspecified atom stereocenters. The number of sulfonamides is 1. The van der Waals surface area contributed by atoms with Crippen LogP contribution in [0.4, 0.5) is 0 Å². The van der Waals surface area contributed by atoms with Gasteiger partial charge in [-0.05, 0) is 30.2 Å². The van der Waals surface area contributed by atoms with Gasteiger partial charge in [-0.3, -0.25) is 4.98 Å². The molecule has 2 aliphatic heterocycles. The van der Waals surface area contributed by atoms with Crippen molar-refractivity contribution in [1.82, 2.24) is 9.29 Å². The normalized spacial score (nSPS) is 20.6. The fraction of sp³-hybridized carbons (Fsp3) is 0.353. The Morgan fingerprint density at radius 1 is 1.25 bits per heavy atom. The number of nitrogens with zero attached hydrogens (tertiary/aromatic N) is 2. The quantitative estimate of drug-likeness (QED) is 0.845. The predicted molar refractivity (Wildman–Crippen MR) is 87.7 cm³/mol. The maximum atomic E-state index is 13.0. The van der Waals surface area contributed by atoms with Crippen LogP contribution in [0.15, 0.2) is 47.6 Å². The maximum absolute atomic E-state index is 13.0. The first-order valence-electron chi connectivity index (χ1n) is 7.96. The number of para-hydroxylation sites is 1. The largest absolute Gasteiger partial charge is 0.492 e. The number of rotatable bonds is 4. The van der Waals surface area contributed by atoms with Crippen molar-refractivity contribution in [2.45, 2.75) is 23.8 Å². The van der Waals surface area contributed by atoms with Crippen LogP contribution in [0.5, 0.6) is 11.5 Å². The Balaban J connectivity index is 1.53. The molecule has 0 spiro atoms. The summed E-state index contributed by atoms with van der Waals surface area (Å²) in [6.45, 7) is 1.31. The van der Waals surface area contributed by atoms with Gasteiger partial charge in [0.25, 0.3) is 0 Å². The minimum Gasteiger partial charge on any atom is -0.492 e. The van der Waals surface area contributed by atoms with Crippen LogP contribution in [-0.4, -0.2) is 43.5 Å². The van der Waals surface area contributed by atoms with E-state index in [-0.39, 0.29) is 11.0 Å². The predicted octanol–water partition coefficient (Wildman–Crippen LogP) is 1.86. The van der Waals surface area contributed by atoms with Gasteiger partial charge in [0.05, 0.1) is 19.3 Å². The second-order valence-corrected chi connectivity index (χ2v) is 7.83. The van der Waals surface area contributed by atoms with Crippen molar-refractivity contribution < 1.29 is 17.9 Å². The minimum atomic E-state index is -3.58. The lowest BCUT2D eigenvalue weighted by Gasteiger charge is -2.18. The number of benzene rings is 1. The van der Waals surface area contributed by atoms with E-state index in [0.29, 0.717) is 37.6 Å². The summed E-state index contributed by atoms with van der Waals surface area (Å²) in [5.74, 6) is 1.17. The van der Waals surface area contributed by atoms with Crippen LogP contribution in [0, 0.1) is 0 Å². The Bertz CT molecular complexity index is 839. The van der Waals surface area contributed by atoms with E-state index in [1.54, 1.807) is 30.6 Å². The summed E-state index contributed by atoms with van der Waals surface area (Å²) in [5, 5.41) is 0. The first-order chi connectivity index (χ1) is 11.6. The van der Waals surface area contributed by atoms with Crippen molar-refractivity contribution >= 4 is 10.0 Å². The van der Waals surface area contributed by atoms with E-state index in [4.69, 9.17) is 9.47 Å². The lowest BCUT2D eigenvalue weighted by atomic mass is 10.2. The number of aromatic nitrogens is 1. The molecule has 6 nitrogen and oxygen atoms in total. The number of pyridine rings is 1. The third-order valence-electron chi connectivity index (χ3n) is 4.34. The highest BCUT2D eigenvalue weighted by molar-refractivity contribution is 7.89. The zero-order chi connectivity index (χ0) is 16.6. The molecular formula is C17H18N2O4S.